The Morgan fingerprint density at radius 1 is 1.22 bits per heavy atom. The number of anilines is 1. The van der Waals surface area contributed by atoms with Crippen LogP contribution in [0.4, 0.5) is 18.3 Å². The van der Waals surface area contributed by atoms with Crippen molar-refractivity contribution >= 4 is 34.1 Å². The average Bonchev–Trinajstić information content (AvgIpc) is 2.98. The Hall–Kier alpha value is -1.03. The molecule has 27 heavy (non-hydrogen) atoms. The van der Waals surface area contributed by atoms with Gasteiger partial charge in [-0.05, 0) is 63.2 Å². The molecular weight excluding hydrogens is 397 g/mol. The highest BCUT2D eigenvalue weighted by molar-refractivity contribution is 8.02. The second-order valence-corrected chi connectivity index (χ2v) is 10.9. The van der Waals surface area contributed by atoms with Crippen LogP contribution in [-0.4, -0.2) is 39.6 Å². The van der Waals surface area contributed by atoms with E-state index in [-0.39, 0.29) is 21.8 Å². The van der Waals surface area contributed by atoms with Crippen LogP contribution >= 0.6 is 23.1 Å². The van der Waals surface area contributed by atoms with Gasteiger partial charge in [0.05, 0.1) is 5.25 Å². The van der Waals surface area contributed by atoms with Crippen molar-refractivity contribution < 1.29 is 18.0 Å². The number of carbonyl (C=O) groups excluding carboxylic acids is 1. The Bertz CT molecular complexity index is 673. The number of halogens is 3. The predicted octanol–water partition coefficient (Wildman–Crippen LogP) is 4.08. The van der Waals surface area contributed by atoms with Crippen molar-refractivity contribution in [2.24, 2.45) is 17.8 Å². The molecule has 4 saturated carbocycles. The van der Waals surface area contributed by atoms with Gasteiger partial charge < -0.3 is 10.6 Å². The van der Waals surface area contributed by atoms with E-state index in [0.717, 1.165) is 48.4 Å². The molecule has 10 heteroatoms. The van der Waals surface area contributed by atoms with E-state index in [1.165, 1.54) is 31.0 Å². The zero-order valence-electron chi connectivity index (χ0n) is 15.0. The van der Waals surface area contributed by atoms with E-state index in [4.69, 9.17) is 0 Å². The normalized spacial score (nSPS) is 33.1. The highest BCUT2D eigenvalue weighted by Gasteiger charge is 2.51. The van der Waals surface area contributed by atoms with Crippen LogP contribution in [0.5, 0.6) is 0 Å². The molecule has 0 saturated heterocycles. The average molecular weight is 421 g/mol. The first kappa shape index (κ1) is 19.3. The third kappa shape index (κ3) is 4.52. The van der Waals surface area contributed by atoms with Crippen LogP contribution in [-0.2, 0) is 4.79 Å². The van der Waals surface area contributed by atoms with E-state index in [1.807, 2.05) is 6.92 Å². The van der Waals surface area contributed by atoms with E-state index in [0.29, 0.717) is 4.34 Å². The maximum Gasteiger partial charge on any atom is 0.405 e. The molecule has 2 N–H and O–H groups in total. The molecule has 150 valence electrons. The molecule has 0 spiro atoms. The molecule has 4 aliphatic carbocycles. The Kier molecular flexibility index (Phi) is 5.07. The van der Waals surface area contributed by atoms with Crippen LogP contribution < -0.4 is 10.6 Å². The van der Waals surface area contributed by atoms with Gasteiger partial charge in [0, 0.05) is 5.54 Å². The molecule has 1 amide bonds. The molecule has 5 rings (SSSR count). The summed E-state index contributed by atoms with van der Waals surface area (Å²) in [5.41, 5.74) is -0.0405. The molecule has 0 aliphatic heterocycles. The van der Waals surface area contributed by atoms with Crippen LogP contribution in [0.3, 0.4) is 0 Å². The molecule has 1 aromatic heterocycles. The number of nitrogens with one attached hydrogen (secondary N) is 2. The zero-order valence-corrected chi connectivity index (χ0v) is 16.6. The van der Waals surface area contributed by atoms with Crippen LogP contribution in [0.2, 0.25) is 0 Å². The maximum atomic E-state index is 12.8. The van der Waals surface area contributed by atoms with E-state index in [2.05, 4.69) is 20.8 Å². The van der Waals surface area contributed by atoms with E-state index in [9.17, 15) is 18.0 Å². The number of rotatable bonds is 6. The topological polar surface area (TPSA) is 66.9 Å². The number of nitrogens with zero attached hydrogens (tertiary/aromatic N) is 2. The molecule has 4 bridgehead atoms. The number of carbonyl (C=O) groups is 1. The van der Waals surface area contributed by atoms with Crippen LogP contribution in [0.1, 0.15) is 45.4 Å². The van der Waals surface area contributed by atoms with Gasteiger partial charge >= 0.3 is 6.18 Å². The highest BCUT2D eigenvalue weighted by atomic mass is 32.2. The van der Waals surface area contributed by atoms with Crippen molar-refractivity contribution in [3.8, 4) is 0 Å². The second-order valence-electron chi connectivity index (χ2n) is 8.29. The third-order valence-corrected chi connectivity index (χ3v) is 7.99. The predicted molar refractivity (Wildman–Crippen MR) is 98.8 cm³/mol. The fraction of sp³-hybridized carbons (Fsp3) is 0.824. The summed E-state index contributed by atoms with van der Waals surface area (Å²) in [4.78, 5) is 12.8. The number of amides is 1. The minimum absolute atomic E-state index is 0.0121. The summed E-state index contributed by atoms with van der Waals surface area (Å²) < 4.78 is 37.3. The Morgan fingerprint density at radius 3 is 2.37 bits per heavy atom. The molecule has 5 nitrogen and oxygen atoms in total. The first-order valence-corrected chi connectivity index (χ1v) is 11.0. The molecule has 1 unspecified atom stereocenters. The van der Waals surface area contributed by atoms with Gasteiger partial charge in [0.15, 0.2) is 4.34 Å². The van der Waals surface area contributed by atoms with Gasteiger partial charge in [-0.15, -0.1) is 10.2 Å². The monoisotopic (exact) mass is 420 g/mol. The number of hydrogen-bond acceptors (Lipinski definition) is 6. The molecule has 0 radical (unpaired) electrons. The summed E-state index contributed by atoms with van der Waals surface area (Å²) in [6.45, 7) is 0.666. The lowest BCUT2D eigenvalue weighted by molar-refractivity contribution is -0.126. The molecule has 0 aromatic carbocycles. The minimum atomic E-state index is -4.30. The lowest BCUT2D eigenvalue weighted by Crippen LogP contribution is -2.60. The maximum absolute atomic E-state index is 12.8. The largest absolute Gasteiger partial charge is 0.405 e. The summed E-state index contributed by atoms with van der Waals surface area (Å²) in [5, 5.41) is 12.9. The fourth-order valence-corrected chi connectivity index (χ4v) is 7.23. The van der Waals surface area contributed by atoms with Crippen LogP contribution in [0.15, 0.2) is 4.34 Å². The van der Waals surface area contributed by atoms with Crippen molar-refractivity contribution in [2.75, 3.05) is 11.9 Å². The van der Waals surface area contributed by atoms with Crippen molar-refractivity contribution in [3.05, 3.63) is 0 Å². The lowest BCUT2D eigenvalue weighted by Gasteiger charge is -2.57. The quantitative estimate of drug-likeness (QED) is 0.679. The molecule has 1 heterocycles. The standard InChI is InChI=1S/C17H23F3N4OS2/c1-9(26-15-24-23-14(27-15)21-8-17(18,19)20)13(25)22-16-5-10-2-11(6-16)4-12(3-10)7-16/h9-12H,2-8H2,1H3,(H,21,23)(H,22,25). The molecular formula is C17H23F3N4OS2. The highest BCUT2D eigenvalue weighted by Crippen LogP contribution is 2.55. The first-order chi connectivity index (χ1) is 12.7. The van der Waals surface area contributed by atoms with Crippen molar-refractivity contribution in [1.82, 2.24) is 15.5 Å². The van der Waals surface area contributed by atoms with Gasteiger partial charge in [0.2, 0.25) is 11.0 Å². The summed E-state index contributed by atoms with van der Waals surface area (Å²) in [5.74, 6) is 2.25. The van der Waals surface area contributed by atoms with Crippen molar-refractivity contribution in [3.63, 3.8) is 0 Å². The molecule has 4 fully saturated rings. The SMILES string of the molecule is CC(Sc1nnc(NCC(F)(F)F)s1)C(=O)NC12CC3CC(CC(C3)C1)C2. The van der Waals surface area contributed by atoms with Gasteiger partial charge in [0.25, 0.3) is 0 Å². The van der Waals surface area contributed by atoms with Gasteiger partial charge in [-0.3, -0.25) is 4.79 Å². The minimum Gasteiger partial charge on any atom is -0.351 e. The number of thioether (sulfide) groups is 1. The Labute approximate surface area is 164 Å². The molecule has 4 aliphatic rings. The Morgan fingerprint density at radius 2 is 1.81 bits per heavy atom. The lowest BCUT2D eigenvalue weighted by atomic mass is 9.53. The Balaban J connectivity index is 1.32. The second kappa shape index (κ2) is 7.09. The fourth-order valence-electron chi connectivity index (χ4n) is 5.34. The van der Waals surface area contributed by atoms with Gasteiger partial charge in [-0.1, -0.05) is 23.1 Å². The van der Waals surface area contributed by atoms with E-state index >= 15 is 0 Å². The van der Waals surface area contributed by atoms with Gasteiger partial charge in [-0.2, -0.15) is 13.2 Å². The number of hydrogen-bond donors (Lipinski definition) is 2. The van der Waals surface area contributed by atoms with Crippen LogP contribution in [0, 0.1) is 17.8 Å². The van der Waals surface area contributed by atoms with E-state index in [1.54, 1.807) is 0 Å². The molecule has 1 aromatic rings. The van der Waals surface area contributed by atoms with Crippen LogP contribution in [0.25, 0.3) is 0 Å². The number of aromatic nitrogens is 2. The zero-order chi connectivity index (χ0) is 19.2. The van der Waals surface area contributed by atoms with E-state index < -0.39 is 12.7 Å². The van der Waals surface area contributed by atoms with Gasteiger partial charge in [-0.25, -0.2) is 0 Å². The summed E-state index contributed by atoms with van der Waals surface area (Å²) >= 11 is 2.28. The smallest absolute Gasteiger partial charge is 0.351 e. The third-order valence-electron chi connectivity index (χ3n) is 5.92. The summed E-state index contributed by atoms with van der Waals surface area (Å²) in [7, 11) is 0. The molecule has 1 atom stereocenters. The first-order valence-electron chi connectivity index (χ1n) is 9.32. The van der Waals surface area contributed by atoms with Crippen molar-refractivity contribution in [2.45, 2.75) is 66.8 Å². The summed E-state index contributed by atoms with van der Waals surface area (Å²) in [6.07, 6.45) is 2.92. The number of alkyl halides is 3. The summed E-state index contributed by atoms with van der Waals surface area (Å²) in [6, 6.07) is 0. The van der Waals surface area contributed by atoms with Crippen molar-refractivity contribution in [1.29, 1.82) is 0 Å². The van der Waals surface area contributed by atoms with Gasteiger partial charge in [0.1, 0.15) is 6.54 Å².